The summed E-state index contributed by atoms with van der Waals surface area (Å²) in [7, 11) is 0. The van der Waals surface area contributed by atoms with E-state index in [-0.39, 0.29) is 7.33 Å². The van der Waals surface area contributed by atoms with E-state index in [9.17, 15) is 4.79 Å². The van der Waals surface area contributed by atoms with Gasteiger partial charge in [-0.3, -0.25) is 4.79 Å². The lowest BCUT2D eigenvalue weighted by Crippen LogP contribution is -2.23. The number of carbonyl (C=O) groups excluding carboxylic acids is 1. The van der Waals surface area contributed by atoms with Crippen LogP contribution in [-0.2, 0) is 11.3 Å². The van der Waals surface area contributed by atoms with E-state index < -0.39 is 0 Å². The molecule has 0 aliphatic heterocycles. The van der Waals surface area contributed by atoms with Gasteiger partial charge in [-0.2, -0.15) is 0 Å². The van der Waals surface area contributed by atoms with E-state index in [2.05, 4.69) is 35.6 Å². The Balaban J connectivity index is 0.000000172. The van der Waals surface area contributed by atoms with Gasteiger partial charge in [-0.15, -0.1) is 0 Å². The fourth-order valence-electron chi connectivity index (χ4n) is 2.74. The van der Waals surface area contributed by atoms with Crippen molar-refractivity contribution in [1.82, 2.24) is 5.32 Å². The van der Waals surface area contributed by atoms with Gasteiger partial charge in [0.05, 0.1) is 0 Å². The molecule has 0 radical (unpaired) electrons. The van der Waals surface area contributed by atoms with Gasteiger partial charge in [-0.05, 0) is 42.7 Å². The van der Waals surface area contributed by atoms with Crippen molar-refractivity contribution >= 4 is 5.91 Å². The number of nitrogens with one attached hydrogen (secondary N) is 1. The fourth-order valence-corrected chi connectivity index (χ4v) is 2.74. The number of amides is 1. The normalized spacial score (nSPS) is 16.7. The molecule has 2 fully saturated rings. The van der Waals surface area contributed by atoms with Gasteiger partial charge in [0.25, 0.3) is 0 Å². The van der Waals surface area contributed by atoms with Crippen LogP contribution in [0.2, 0.25) is 0 Å². The number of rotatable bonds is 4. The Bertz CT molecular complexity index is 606. The van der Waals surface area contributed by atoms with Crippen LogP contribution < -0.4 is 5.32 Å². The molecule has 0 spiro atoms. The van der Waals surface area contributed by atoms with Gasteiger partial charge in [-0.25, -0.2) is 0 Å². The second kappa shape index (κ2) is 7.96. The molecule has 2 nitrogen and oxygen atoms in total. The molecular formula is C21H27NO. The molecule has 0 atom stereocenters. The monoisotopic (exact) mass is 309 g/mol. The average Bonchev–Trinajstić information content (AvgIpc) is 3.39. The minimum absolute atomic E-state index is 0. The van der Waals surface area contributed by atoms with Gasteiger partial charge >= 0.3 is 0 Å². The first-order valence-electron chi connectivity index (χ1n) is 8.69. The van der Waals surface area contributed by atoms with Crippen LogP contribution in [0.3, 0.4) is 0 Å². The standard InChI is InChI=1S/C11H13NO.C10H12.H2/c13-11(10-6-7-10)12-8-9-4-2-1-3-5-9;1-2-5-9(6-3-1)10-7-4-8-10;/h1-5,10H,6-8H2,(H,12,13);1-3,5-6,10H,4,7-8H2;1H. The lowest BCUT2D eigenvalue weighted by atomic mass is 9.80. The van der Waals surface area contributed by atoms with Gasteiger partial charge in [0.1, 0.15) is 0 Å². The summed E-state index contributed by atoms with van der Waals surface area (Å²) >= 11 is 0. The average molecular weight is 309 g/mol. The van der Waals surface area contributed by atoms with Gasteiger partial charge in [0.2, 0.25) is 5.91 Å². The second-order valence-electron chi connectivity index (χ2n) is 6.52. The highest BCUT2D eigenvalue weighted by molar-refractivity contribution is 5.80. The van der Waals surface area contributed by atoms with E-state index >= 15 is 0 Å². The molecule has 0 bridgehead atoms. The molecule has 0 aromatic heterocycles. The first-order valence-corrected chi connectivity index (χ1v) is 8.69. The molecule has 0 heterocycles. The predicted molar refractivity (Wildman–Crippen MR) is 96.2 cm³/mol. The molecule has 2 aromatic rings. The van der Waals surface area contributed by atoms with E-state index in [0.717, 1.165) is 24.3 Å². The van der Waals surface area contributed by atoms with Gasteiger partial charge < -0.3 is 5.32 Å². The third kappa shape index (κ3) is 4.95. The van der Waals surface area contributed by atoms with Crippen molar-refractivity contribution in [2.45, 2.75) is 44.6 Å². The SMILES string of the molecule is O=C(NCc1ccccc1)C1CC1.[HH].c1ccc(C2CCC2)cc1. The topological polar surface area (TPSA) is 29.1 Å². The molecule has 122 valence electrons. The lowest BCUT2D eigenvalue weighted by molar-refractivity contribution is -0.122. The summed E-state index contributed by atoms with van der Waals surface area (Å²) in [4.78, 5) is 11.3. The molecule has 0 unspecified atom stereocenters. The first kappa shape index (κ1) is 15.8. The van der Waals surface area contributed by atoms with Crippen molar-refractivity contribution in [1.29, 1.82) is 0 Å². The Hall–Kier alpha value is -2.09. The summed E-state index contributed by atoms with van der Waals surface area (Å²) in [5.41, 5.74) is 2.70. The molecule has 1 N–H and O–H groups in total. The van der Waals surface area contributed by atoms with Crippen molar-refractivity contribution in [2.24, 2.45) is 5.92 Å². The van der Waals surface area contributed by atoms with Crippen LogP contribution in [0.1, 0.15) is 50.6 Å². The van der Waals surface area contributed by atoms with Crippen molar-refractivity contribution in [3.63, 3.8) is 0 Å². The van der Waals surface area contributed by atoms with Crippen LogP contribution in [0.5, 0.6) is 0 Å². The molecule has 2 heteroatoms. The molecule has 4 rings (SSSR count). The fraction of sp³-hybridized carbons (Fsp3) is 0.381. The van der Waals surface area contributed by atoms with Gasteiger partial charge in [-0.1, -0.05) is 67.1 Å². The molecular weight excluding hydrogens is 282 g/mol. The van der Waals surface area contributed by atoms with Crippen LogP contribution in [0.25, 0.3) is 0 Å². The smallest absolute Gasteiger partial charge is 0.223 e. The molecule has 0 saturated heterocycles. The molecule has 2 aromatic carbocycles. The summed E-state index contributed by atoms with van der Waals surface area (Å²) in [5, 5.41) is 2.92. The maximum absolute atomic E-state index is 11.3. The van der Waals surface area contributed by atoms with E-state index in [1.807, 2.05) is 30.3 Å². The number of benzene rings is 2. The zero-order valence-corrected chi connectivity index (χ0v) is 13.6. The van der Waals surface area contributed by atoms with Gasteiger partial charge in [0, 0.05) is 13.9 Å². The van der Waals surface area contributed by atoms with Crippen molar-refractivity contribution in [3.8, 4) is 0 Å². The summed E-state index contributed by atoms with van der Waals surface area (Å²) in [5.74, 6) is 1.41. The molecule has 2 saturated carbocycles. The highest BCUT2D eigenvalue weighted by Crippen LogP contribution is 2.35. The minimum Gasteiger partial charge on any atom is -0.352 e. The summed E-state index contributed by atoms with van der Waals surface area (Å²) in [6.07, 6.45) is 6.38. The summed E-state index contributed by atoms with van der Waals surface area (Å²) < 4.78 is 0. The van der Waals surface area contributed by atoms with E-state index in [0.29, 0.717) is 12.5 Å². The predicted octanol–water partition coefficient (Wildman–Crippen LogP) is 4.91. The van der Waals surface area contributed by atoms with Crippen molar-refractivity contribution < 1.29 is 6.22 Å². The maximum Gasteiger partial charge on any atom is 0.223 e. The zero-order chi connectivity index (χ0) is 15.9. The summed E-state index contributed by atoms with van der Waals surface area (Å²) in [6.45, 7) is 0.663. The Labute approximate surface area is 140 Å². The third-order valence-electron chi connectivity index (χ3n) is 4.63. The van der Waals surface area contributed by atoms with Crippen molar-refractivity contribution in [3.05, 3.63) is 71.8 Å². The van der Waals surface area contributed by atoms with E-state index in [1.54, 1.807) is 0 Å². The van der Waals surface area contributed by atoms with Crippen LogP contribution in [-0.4, -0.2) is 5.91 Å². The molecule has 2 aliphatic rings. The number of hydrogen-bond donors (Lipinski definition) is 1. The largest absolute Gasteiger partial charge is 0.352 e. The minimum atomic E-state index is 0. The van der Waals surface area contributed by atoms with Crippen LogP contribution in [0.15, 0.2) is 60.7 Å². The molecule has 23 heavy (non-hydrogen) atoms. The number of carbonyl (C=O) groups is 1. The van der Waals surface area contributed by atoms with E-state index in [4.69, 9.17) is 0 Å². The van der Waals surface area contributed by atoms with Crippen LogP contribution >= 0.6 is 0 Å². The quantitative estimate of drug-likeness (QED) is 0.854. The Morgan fingerprint density at radius 1 is 0.913 bits per heavy atom. The highest BCUT2D eigenvalue weighted by atomic mass is 16.2. The molecule has 1 amide bonds. The van der Waals surface area contributed by atoms with Crippen LogP contribution in [0, 0.1) is 5.92 Å². The Morgan fingerprint density at radius 3 is 2.04 bits per heavy atom. The maximum atomic E-state index is 11.3. The highest BCUT2D eigenvalue weighted by Gasteiger charge is 2.29. The Morgan fingerprint density at radius 2 is 1.52 bits per heavy atom. The van der Waals surface area contributed by atoms with E-state index in [1.165, 1.54) is 24.8 Å². The summed E-state index contributed by atoms with van der Waals surface area (Å²) in [6, 6.07) is 20.8. The molecule has 2 aliphatic carbocycles. The third-order valence-corrected chi connectivity index (χ3v) is 4.63. The zero-order valence-electron chi connectivity index (χ0n) is 13.6. The van der Waals surface area contributed by atoms with Gasteiger partial charge in [0.15, 0.2) is 0 Å². The lowest BCUT2D eigenvalue weighted by Gasteiger charge is -2.25. The second-order valence-corrected chi connectivity index (χ2v) is 6.52. The van der Waals surface area contributed by atoms with Crippen LogP contribution in [0.4, 0.5) is 0 Å². The first-order chi connectivity index (χ1) is 11.3. The Kier molecular flexibility index (Phi) is 5.46. The number of hydrogen-bond acceptors (Lipinski definition) is 1. The van der Waals surface area contributed by atoms with Crippen molar-refractivity contribution in [2.75, 3.05) is 0 Å².